The molecule has 2 amide bonds. The number of urea groups is 1. The lowest BCUT2D eigenvalue weighted by Crippen LogP contribution is -2.46. The second-order valence-corrected chi connectivity index (χ2v) is 8.93. The molecule has 1 aromatic carbocycles. The number of fused-ring (bicyclic) bond motifs is 1. The van der Waals surface area contributed by atoms with Crippen molar-refractivity contribution in [3.8, 4) is 16.9 Å². The fourth-order valence-electron chi connectivity index (χ4n) is 4.16. The Labute approximate surface area is 202 Å². The number of hydrogen-bond acceptors (Lipinski definition) is 7. The van der Waals surface area contributed by atoms with Gasteiger partial charge in [-0.2, -0.15) is 5.10 Å². The molecule has 4 aromatic rings. The number of aromatic nitrogens is 5. The number of carbonyl (C=O) groups excluding carboxylic acids is 1. The van der Waals surface area contributed by atoms with Gasteiger partial charge in [0, 0.05) is 36.6 Å². The fraction of sp³-hybridized carbons (Fsp3) is 0.320. The van der Waals surface area contributed by atoms with E-state index in [4.69, 9.17) is 4.74 Å². The molecule has 0 unspecified atom stereocenters. The maximum Gasteiger partial charge on any atom is 0.323 e. The van der Waals surface area contributed by atoms with Crippen LogP contribution >= 0.6 is 0 Å². The molecule has 1 aliphatic rings. The second kappa shape index (κ2) is 9.30. The van der Waals surface area contributed by atoms with Crippen LogP contribution in [-0.2, 0) is 6.54 Å². The summed E-state index contributed by atoms with van der Waals surface area (Å²) in [7, 11) is 1.58. The van der Waals surface area contributed by atoms with E-state index in [0.29, 0.717) is 55.1 Å². The van der Waals surface area contributed by atoms with Crippen molar-refractivity contribution in [2.24, 2.45) is 0 Å². The number of likely N-dealkylation sites (tertiary alicyclic amines) is 1. The van der Waals surface area contributed by atoms with E-state index in [1.807, 2.05) is 41.2 Å². The third-order valence-corrected chi connectivity index (χ3v) is 6.24. The lowest BCUT2D eigenvalue weighted by Gasteiger charge is -2.35. The summed E-state index contributed by atoms with van der Waals surface area (Å²) in [4.78, 5) is 28.0. The molecule has 0 aliphatic carbocycles. The summed E-state index contributed by atoms with van der Waals surface area (Å²) < 4.78 is 7.34. The highest BCUT2D eigenvalue weighted by molar-refractivity contribution is 5.96. The Hall–Kier alpha value is -4.05. The molecule has 0 radical (unpaired) electrons. The summed E-state index contributed by atoms with van der Waals surface area (Å²) in [5.74, 6) is 0.892. The van der Waals surface area contributed by atoms with Crippen molar-refractivity contribution in [2.45, 2.75) is 31.9 Å². The molecule has 3 aromatic heterocycles. The number of nitrogens with zero attached hydrogens (tertiary/aromatic N) is 6. The van der Waals surface area contributed by atoms with Gasteiger partial charge in [0.1, 0.15) is 16.8 Å². The zero-order valence-corrected chi connectivity index (χ0v) is 19.7. The Bertz CT molecular complexity index is 1340. The van der Waals surface area contributed by atoms with Crippen LogP contribution in [0.15, 0.2) is 55.1 Å². The fourth-order valence-corrected chi connectivity index (χ4v) is 4.16. The molecule has 10 heteroatoms. The number of nitrogens with one attached hydrogen (secondary N) is 1. The molecule has 4 heterocycles. The quantitative estimate of drug-likeness (QED) is 0.456. The van der Waals surface area contributed by atoms with Crippen LogP contribution in [0, 0.1) is 0 Å². The number of amides is 2. The van der Waals surface area contributed by atoms with Gasteiger partial charge in [0.2, 0.25) is 0 Å². The molecule has 5 rings (SSSR count). The van der Waals surface area contributed by atoms with Crippen LogP contribution in [0.25, 0.3) is 22.2 Å². The summed E-state index contributed by atoms with van der Waals surface area (Å²) in [6.07, 6.45) is 8.11. The standard InChI is InChI=1S/C25H27N7O3/c1-25(34)8-11-31(12-9-25)24(33)30-21-14-27-22-19(6-7-20(35-2)23(22)29-21)17-13-28-32(15-17)16-18-5-3-4-10-26-18/h3-7,10,13-15,34H,8-9,11-12,16H2,1-2H3,(H,29,30,33). The second-order valence-electron chi connectivity index (χ2n) is 8.93. The van der Waals surface area contributed by atoms with Crippen molar-refractivity contribution in [1.29, 1.82) is 0 Å². The van der Waals surface area contributed by atoms with Crippen LogP contribution in [0.1, 0.15) is 25.5 Å². The van der Waals surface area contributed by atoms with Gasteiger partial charge in [-0.1, -0.05) is 6.07 Å². The minimum Gasteiger partial charge on any atom is -0.494 e. The first kappa shape index (κ1) is 22.7. The van der Waals surface area contributed by atoms with Crippen molar-refractivity contribution < 1.29 is 14.6 Å². The molecule has 1 saturated heterocycles. The van der Waals surface area contributed by atoms with Gasteiger partial charge in [0.05, 0.1) is 37.3 Å². The number of ether oxygens (including phenoxy) is 1. The Morgan fingerprint density at radius 2 is 1.97 bits per heavy atom. The van der Waals surface area contributed by atoms with Gasteiger partial charge in [-0.05, 0) is 44.0 Å². The number of piperidine rings is 1. The Kier molecular flexibility index (Phi) is 6.04. The molecule has 0 atom stereocenters. The zero-order valence-electron chi connectivity index (χ0n) is 19.7. The summed E-state index contributed by atoms with van der Waals surface area (Å²) >= 11 is 0. The van der Waals surface area contributed by atoms with E-state index in [9.17, 15) is 9.90 Å². The number of methoxy groups -OCH3 is 1. The van der Waals surface area contributed by atoms with Crippen LogP contribution in [0.3, 0.4) is 0 Å². The molecule has 0 bridgehead atoms. The summed E-state index contributed by atoms with van der Waals surface area (Å²) in [5, 5.41) is 17.4. The maximum atomic E-state index is 12.7. The number of carbonyl (C=O) groups is 1. The van der Waals surface area contributed by atoms with Crippen molar-refractivity contribution in [2.75, 3.05) is 25.5 Å². The van der Waals surface area contributed by atoms with Crippen LogP contribution in [0.4, 0.5) is 10.6 Å². The third kappa shape index (κ3) is 4.92. The predicted molar refractivity (Wildman–Crippen MR) is 131 cm³/mol. The van der Waals surface area contributed by atoms with Gasteiger partial charge >= 0.3 is 6.03 Å². The van der Waals surface area contributed by atoms with E-state index in [2.05, 4.69) is 25.4 Å². The number of aliphatic hydroxyl groups is 1. The number of pyridine rings is 1. The molecular formula is C25H27N7O3. The number of rotatable bonds is 5. The normalized spacial score (nSPS) is 15.2. The van der Waals surface area contributed by atoms with Gasteiger partial charge in [-0.15, -0.1) is 0 Å². The average Bonchev–Trinajstić information content (AvgIpc) is 3.32. The summed E-state index contributed by atoms with van der Waals surface area (Å²) in [6.45, 7) is 3.32. The van der Waals surface area contributed by atoms with Gasteiger partial charge < -0.3 is 14.7 Å². The zero-order chi connectivity index (χ0) is 24.4. The first-order chi connectivity index (χ1) is 16.9. The smallest absolute Gasteiger partial charge is 0.323 e. The minimum absolute atomic E-state index is 0.264. The highest BCUT2D eigenvalue weighted by Crippen LogP contribution is 2.33. The molecule has 0 saturated carbocycles. The van der Waals surface area contributed by atoms with E-state index in [1.165, 1.54) is 0 Å². The molecule has 180 valence electrons. The van der Waals surface area contributed by atoms with Crippen LogP contribution in [0.5, 0.6) is 5.75 Å². The monoisotopic (exact) mass is 473 g/mol. The topological polar surface area (TPSA) is 118 Å². The Balaban J connectivity index is 1.40. The van der Waals surface area contributed by atoms with Crippen molar-refractivity contribution >= 4 is 22.9 Å². The molecular weight excluding hydrogens is 446 g/mol. The molecule has 35 heavy (non-hydrogen) atoms. The molecule has 10 nitrogen and oxygen atoms in total. The van der Waals surface area contributed by atoms with Gasteiger partial charge in [0.15, 0.2) is 5.82 Å². The summed E-state index contributed by atoms with van der Waals surface area (Å²) in [5.41, 5.74) is 3.13. The number of hydrogen-bond donors (Lipinski definition) is 2. The Morgan fingerprint density at radius 1 is 1.14 bits per heavy atom. The first-order valence-corrected chi connectivity index (χ1v) is 11.5. The lowest BCUT2D eigenvalue weighted by atomic mass is 9.94. The lowest BCUT2D eigenvalue weighted by molar-refractivity contribution is 0.00569. The maximum absolute atomic E-state index is 12.7. The van der Waals surface area contributed by atoms with E-state index in [-0.39, 0.29) is 6.03 Å². The van der Waals surface area contributed by atoms with E-state index < -0.39 is 5.60 Å². The van der Waals surface area contributed by atoms with Crippen LogP contribution < -0.4 is 10.1 Å². The Morgan fingerprint density at radius 3 is 2.71 bits per heavy atom. The third-order valence-electron chi connectivity index (χ3n) is 6.24. The molecule has 1 aliphatic heterocycles. The van der Waals surface area contributed by atoms with Crippen molar-refractivity contribution in [3.63, 3.8) is 0 Å². The van der Waals surface area contributed by atoms with E-state index >= 15 is 0 Å². The highest BCUT2D eigenvalue weighted by atomic mass is 16.5. The van der Waals surface area contributed by atoms with Gasteiger partial charge in [-0.3, -0.25) is 15.0 Å². The summed E-state index contributed by atoms with van der Waals surface area (Å²) in [6, 6.07) is 9.28. The molecule has 1 fully saturated rings. The van der Waals surface area contributed by atoms with Gasteiger partial charge in [0.25, 0.3) is 0 Å². The minimum atomic E-state index is -0.727. The number of anilines is 1. The average molecular weight is 474 g/mol. The van der Waals surface area contributed by atoms with E-state index in [1.54, 1.807) is 37.5 Å². The predicted octanol–water partition coefficient (Wildman–Crippen LogP) is 3.32. The first-order valence-electron chi connectivity index (χ1n) is 11.5. The SMILES string of the molecule is COc1ccc(-c2cnn(Cc3ccccn3)c2)c2ncc(NC(=O)N3CCC(C)(O)CC3)nc12. The van der Waals surface area contributed by atoms with Crippen LogP contribution in [-0.4, -0.2) is 66.6 Å². The molecule has 0 spiro atoms. The van der Waals surface area contributed by atoms with E-state index in [0.717, 1.165) is 16.8 Å². The largest absolute Gasteiger partial charge is 0.494 e. The highest BCUT2D eigenvalue weighted by Gasteiger charge is 2.29. The van der Waals surface area contributed by atoms with Gasteiger partial charge in [-0.25, -0.2) is 14.8 Å². The van der Waals surface area contributed by atoms with Crippen LogP contribution in [0.2, 0.25) is 0 Å². The molecule has 2 N–H and O–H groups in total. The van der Waals surface area contributed by atoms with Crippen molar-refractivity contribution in [1.82, 2.24) is 29.6 Å². The number of benzene rings is 1. The van der Waals surface area contributed by atoms with Crippen molar-refractivity contribution in [3.05, 3.63) is 60.8 Å².